The van der Waals surface area contributed by atoms with Crippen molar-refractivity contribution in [3.8, 4) is 0 Å². The summed E-state index contributed by atoms with van der Waals surface area (Å²) in [5.74, 6) is 0. The lowest BCUT2D eigenvalue weighted by atomic mass is 10.2. The first-order valence-corrected chi connectivity index (χ1v) is 7.94. The summed E-state index contributed by atoms with van der Waals surface area (Å²) in [6.45, 7) is 2.04. The molecule has 0 aromatic heterocycles. The van der Waals surface area contributed by atoms with Gasteiger partial charge in [0.2, 0.25) is 0 Å². The van der Waals surface area contributed by atoms with E-state index in [-0.39, 0.29) is 11.3 Å². The highest BCUT2D eigenvalue weighted by Gasteiger charge is 2.34. The van der Waals surface area contributed by atoms with Gasteiger partial charge in [-0.15, -0.1) is 0 Å². The summed E-state index contributed by atoms with van der Waals surface area (Å²) in [4.78, 5) is 0. The molecule has 94 valence electrons. The molecule has 3 nitrogen and oxygen atoms in total. The standard InChI is InChI=1S/C13H19NO2S/c1-10-5-3-6-11(9-10)14-12-7-4-8-13(12)17(2,15)16/h3,5-6,9,12-14H,4,7-8H2,1-2H3. The lowest BCUT2D eigenvalue weighted by molar-refractivity contribution is 0.579. The van der Waals surface area contributed by atoms with Crippen molar-refractivity contribution in [2.75, 3.05) is 11.6 Å². The van der Waals surface area contributed by atoms with Gasteiger partial charge < -0.3 is 5.32 Å². The Bertz CT molecular complexity index is 496. The molecule has 0 heterocycles. The van der Waals surface area contributed by atoms with Crippen LogP contribution in [-0.2, 0) is 9.84 Å². The third-order valence-corrected chi connectivity index (χ3v) is 5.04. The topological polar surface area (TPSA) is 46.2 Å². The van der Waals surface area contributed by atoms with E-state index in [2.05, 4.69) is 11.4 Å². The molecule has 1 saturated carbocycles. The maximum atomic E-state index is 11.7. The van der Waals surface area contributed by atoms with Gasteiger partial charge in [0, 0.05) is 18.0 Å². The highest BCUT2D eigenvalue weighted by atomic mass is 32.2. The molecule has 1 aromatic carbocycles. The fourth-order valence-corrected chi connectivity index (χ4v) is 3.95. The first-order valence-electron chi connectivity index (χ1n) is 5.99. The van der Waals surface area contributed by atoms with Gasteiger partial charge in [-0.05, 0) is 43.9 Å². The van der Waals surface area contributed by atoms with Crippen LogP contribution < -0.4 is 5.32 Å². The molecule has 2 rings (SSSR count). The summed E-state index contributed by atoms with van der Waals surface area (Å²) in [6, 6.07) is 8.13. The maximum Gasteiger partial charge on any atom is 0.152 e. The molecule has 1 aliphatic carbocycles. The third-order valence-electron chi connectivity index (χ3n) is 3.37. The highest BCUT2D eigenvalue weighted by Crippen LogP contribution is 2.28. The van der Waals surface area contributed by atoms with Crippen molar-refractivity contribution >= 4 is 15.5 Å². The maximum absolute atomic E-state index is 11.7. The molecule has 2 atom stereocenters. The fraction of sp³-hybridized carbons (Fsp3) is 0.538. The second-order valence-corrected chi connectivity index (χ2v) is 7.18. The van der Waals surface area contributed by atoms with Crippen LogP contribution in [0.1, 0.15) is 24.8 Å². The minimum atomic E-state index is -2.94. The second kappa shape index (κ2) is 4.69. The van der Waals surface area contributed by atoms with Crippen LogP contribution in [0, 0.1) is 6.92 Å². The normalized spacial score (nSPS) is 24.8. The summed E-state index contributed by atoms with van der Waals surface area (Å²) in [5, 5.41) is 3.13. The van der Waals surface area contributed by atoms with Crippen LogP contribution in [0.3, 0.4) is 0 Å². The predicted octanol–water partition coefficient (Wildman–Crippen LogP) is 2.37. The molecule has 1 aliphatic rings. The van der Waals surface area contributed by atoms with Gasteiger partial charge in [-0.3, -0.25) is 0 Å². The number of aryl methyl sites for hydroxylation is 1. The number of hydrogen-bond donors (Lipinski definition) is 1. The van der Waals surface area contributed by atoms with Crippen LogP contribution in [0.2, 0.25) is 0 Å². The van der Waals surface area contributed by atoms with Crippen molar-refractivity contribution in [2.45, 2.75) is 37.5 Å². The molecule has 1 fully saturated rings. The summed E-state index contributed by atoms with van der Waals surface area (Å²) < 4.78 is 23.3. The molecule has 1 N–H and O–H groups in total. The molecule has 1 aromatic rings. The zero-order chi connectivity index (χ0) is 12.5. The minimum absolute atomic E-state index is 0.0619. The number of benzene rings is 1. The van der Waals surface area contributed by atoms with Crippen molar-refractivity contribution in [2.24, 2.45) is 0 Å². The van der Waals surface area contributed by atoms with Crippen LogP contribution >= 0.6 is 0 Å². The molecule has 0 radical (unpaired) electrons. The number of nitrogens with one attached hydrogen (secondary N) is 1. The molecule has 0 aliphatic heterocycles. The van der Waals surface area contributed by atoms with Gasteiger partial charge in [-0.1, -0.05) is 12.1 Å². The van der Waals surface area contributed by atoms with Crippen LogP contribution in [0.5, 0.6) is 0 Å². The summed E-state index contributed by atoms with van der Waals surface area (Å²) in [6.07, 6.45) is 4.04. The largest absolute Gasteiger partial charge is 0.381 e. The van der Waals surface area contributed by atoms with Gasteiger partial charge >= 0.3 is 0 Å². The second-order valence-electron chi connectivity index (χ2n) is 4.92. The molecule has 0 spiro atoms. The van der Waals surface area contributed by atoms with Gasteiger partial charge in [0.05, 0.1) is 5.25 Å². The molecule has 17 heavy (non-hydrogen) atoms. The van der Waals surface area contributed by atoms with Gasteiger partial charge in [0.1, 0.15) is 0 Å². The van der Waals surface area contributed by atoms with E-state index in [1.807, 2.05) is 25.1 Å². The molecular formula is C13H19NO2S. The van der Waals surface area contributed by atoms with Crippen molar-refractivity contribution < 1.29 is 8.42 Å². The monoisotopic (exact) mass is 253 g/mol. The Morgan fingerprint density at radius 3 is 2.71 bits per heavy atom. The third kappa shape index (κ3) is 3.00. The Labute approximate surface area is 103 Å². The van der Waals surface area contributed by atoms with Gasteiger partial charge in [0.25, 0.3) is 0 Å². The van der Waals surface area contributed by atoms with Crippen molar-refractivity contribution in [3.05, 3.63) is 29.8 Å². The number of rotatable bonds is 3. The zero-order valence-electron chi connectivity index (χ0n) is 10.3. The first-order chi connectivity index (χ1) is 7.97. The molecule has 0 amide bonds. The lowest BCUT2D eigenvalue weighted by Crippen LogP contribution is -2.34. The quantitative estimate of drug-likeness (QED) is 0.899. The van der Waals surface area contributed by atoms with Crippen LogP contribution in [0.4, 0.5) is 5.69 Å². The van der Waals surface area contributed by atoms with Crippen molar-refractivity contribution in [1.29, 1.82) is 0 Å². The molecule has 4 heteroatoms. The SMILES string of the molecule is Cc1cccc(NC2CCCC2S(C)(=O)=O)c1. The molecular weight excluding hydrogens is 234 g/mol. The van der Waals surface area contributed by atoms with Crippen molar-refractivity contribution in [3.63, 3.8) is 0 Å². The van der Waals surface area contributed by atoms with E-state index in [1.54, 1.807) is 0 Å². The zero-order valence-corrected chi connectivity index (χ0v) is 11.1. The van der Waals surface area contributed by atoms with Gasteiger partial charge in [-0.2, -0.15) is 0 Å². The Kier molecular flexibility index (Phi) is 3.43. The Balaban J connectivity index is 2.13. The van der Waals surface area contributed by atoms with E-state index in [9.17, 15) is 8.42 Å². The average Bonchev–Trinajstić information content (AvgIpc) is 2.65. The fourth-order valence-electron chi connectivity index (χ4n) is 2.55. The average molecular weight is 253 g/mol. The van der Waals surface area contributed by atoms with E-state index < -0.39 is 9.84 Å². The Morgan fingerprint density at radius 1 is 1.29 bits per heavy atom. The number of anilines is 1. The van der Waals surface area contributed by atoms with Gasteiger partial charge in [-0.25, -0.2) is 8.42 Å². The van der Waals surface area contributed by atoms with E-state index in [4.69, 9.17) is 0 Å². The number of sulfone groups is 1. The minimum Gasteiger partial charge on any atom is -0.381 e. The van der Waals surface area contributed by atoms with E-state index in [0.717, 1.165) is 24.9 Å². The first kappa shape index (κ1) is 12.4. The summed E-state index contributed by atoms with van der Waals surface area (Å²) >= 11 is 0. The molecule has 2 unspecified atom stereocenters. The Morgan fingerprint density at radius 2 is 2.06 bits per heavy atom. The molecule has 0 saturated heterocycles. The summed E-state index contributed by atoms with van der Waals surface area (Å²) in [5.41, 5.74) is 2.20. The van der Waals surface area contributed by atoms with Crippen LogP contribution in [0.25, 0.3) is 0 Å². The Hall–Kier alpha value is -1.03. The lowest BCUT2D eigenvalue weighted by Gasteiger charge is -2.20. The van der Waals surface area contributed by atoms with Crippen LogP contribution in [-0.4, -0.2) is 26.0 Å². The highest BCUT2D eigenvalue weighted by molar-refractivity contribution is 7.91. The van der Waals surface area contributed by atoms with E-state index >= 15 is 0 Å². The van der Waals surface area contributed by atoms with E-state index in [1.165, 1.54) is 11.8 Å². The predicted molar refractivity (Wildman–Crippen MR) is 71.1 cm³/mol. The number of hydrogen-bond acceptors (Lipinski definition) is 3. The summed E-state index contributed by atoms with van der Waals surface area (Å²) in [7, 11) is -2.94. The van der Waals surface area contributed by atoms with Gasteiger partial charge in [0.15, 0.2) is 9.84 Å². The van der Waals surface area contributed by atoms with E-state index in [0.29, 0.717) is 0 Å². The molecule has 0 bridgehead atoms. The van der Waals surface area contributed by atoms with Crippen molar-refractivity contribution in [1.82, 2.24) is 0 Å². The smallest absolute Gasteiger partial charge is 0.152 e. The van der Waals surface area contributed by atoms with Crippen LogP contribution in [0.15, 0.2) is 24.3 Å².